The third-order valence-electron chi connectivity index (χ3n) is 5.62. The van der Waals surface area contributed by atoms with E-state index in [4.69, 9.17) is 0 Å². The SMILES string of the molecule is CCC(C)Nc1ncc(C2/C=C(/c3ccccc3O)C3=NC=CC3CCC2)s1. The van der Waals surface area contributed by atoms with Crippen molar-refractivity contribution in [3.8, 4) is 5.75 Å². The average molecular weight is 394 g/mol. The van der Waals surface area contributed by atoms with Crippen molar-refractivity contribution in [2.45, 2.75) is 51.5 Å². The van der Waals surface area contributed by atoms with E-state index in [0.717, 1.165) is 47.7 Å². The van der Waals surface area contributed by atoms with Gasteiger partial charge in [0.2, 0.25) is 0 Å². The van der Waals surface area contributed by atoms with Crippen LogP contribution in [0.25, 0.3) is 5.57 Å². The number of hydrogen-bond donors (Lipinski definition) is 2. The number of nitrogens with zero attached hydrogens (tertiary/aromatic N) is 2. The number of phenolic OH excluding ortho intramolecular Hbond substituents is 1. The summed E-state index contributed by atoms with van der Waals surface area (Å²) in [6.45, 7) is 4.35. The topological polar surface area (TPSA) is 57.5 Å². The molecule has 0 fully saturated rings. The van der Waals surface area contributed by atoms with Gasteiger partial charge in [-0.1, -0.05) is 43.7 Å². The molecule has 0 saturated carbocycles. The van der Waals surface area contributed by atoms with Gasteiger partial charge in [-0.2, -0.15) is 0 Å². The van der Waals surface area contributed by atoms with Crippen LogP contribution in [0.15, 0.2) is 53.8 Å². The number of anilines is 1. The number of nitrogens with one attached hydrogen (secondary N) is 1. The van der Waals surface area contributed by atoms with Crippen molar-refractivity contribution in [2.75, 3.05) is 5.32 Å². The molecule has 0 spiro atoms. The lowest BCUT2D eigenvalue weighted by molar-refractivity contribution is 0.473. The molecule has 1 aromatic heterocycles. The van der Waals surface area contributed by atoms with Crippen LogP contribution in [0.5, 0.6) is 5.75 Å². The first kappa shape index (κ1) is 18.9. The second-order valence-electron chi connectivity index (χ2n) is 7.62. The number of hydrogen-bond acceptors (Lipinski definition) is 5. The lowest BCUT2D eigenvalue weighted by Crippen LogP contribution is -2.15. The number of aromatic nitrogens is 1. The van der Waals surface area contributed by atoms with Gasteiger partial charge in [0.1, 0.15) is 5.75 Å². The number of benzene rings is 1. The molecule has 4 nitrogen and oxygen atoms in total. The van der Waals surface area contributed by atoms with Crippen LogP contribution in [-0.2, 0) is 0 Å². The molecule has 3 unspecified atom stereocenters. The smallest absolute Gasteiger partial charge is 0.183 e. The van der Waals surface area contributed by atoms with Gasteiger partial charge in [-0.25, -0.2) is 4.98 Å². The molecule has 1 aliphatic heterocycles. The second kappa shape index (κ2) is 8.31. The summed E-state index contributed by atoms with van der Waals surface area (Å²) < 4.78 is 0. The number of thiazole rings is 1. The summed E-state index contributed by atoms with van der Waals surface area (Å²) in [4.78, 5) is 10.5. The minimum Gasteiger partial charge on any atom is -0.507 e. The van der Waals surface area contributed by atoms with Crippen molar-refractivity contribution in [3.63, 3.8) is 0 Å². The molecule has 0 radical (unpaired) electrons. The fraction of sp³-hybridized carbons (Fsp3) is 0.391. The van der Waals surface area contributed by atoms with Gasteiger partial charge in [-0.15, -0.1) is 11.3 Å². The van der Waals surface area contributed by atoms with Crippen LogP contribution in [0, 0.1) is 5.92 Å². The van der Waals surface area contributed by atoms with Gasteiger partial charge in [-0.3, -0.25) is 4.99 Å². The van der Waals surface area contributed by atoms with Crippen molar-refractivity contribution in [1.82, 2.24) is 4.98 Å². The van der Waals surface area contributed by atoms with E-state index in [9.17, 15) is 5.11 Å². The largest absolute Gasteiger partial charge is 0.507 e. The number of aromatic hydroxyl groups is 1. The number of rotatable bonds is 5. The zero-order chi connectivity index (χ0) is 19.5. The molecule has 2 aliphatic rings. The highest BCUT2D eigenvalue weighted by Gasteiger charge is 2.27. The van der Waals surface area contributed by atoms with E-state index in [2.05, 4.69) is 41.3 Å². The van der Waals surface area contributed by atoms with Gasteiger partial charge in [0, 0.05) is 46.3 Å². The fourth-order valence-corrected chi connectivity index (χ4v) is 4.87. The fourth-order valence-electron chi connectivity index (χ4n) is 3.84. The van der Waals surface area contributed by atoms with Crippen molar-refractivity contribution < 1.29 is 5.11 Å². The minimum atomic E-state index is 0.281. The molecule has 0 bridgehead atoms. The molecular formula is C23H27N3OS. The summed E-state index contributed by atoms with van der Waals surface area (Å²) in [6, 6.07) is 8.00. The van der Waals surface area contributed by atoms with Crippen molar-refractivity contribution in [3.05, 3.63) is 59.3 Å². The second-order valence-corrected chi connectivity index (χ2v) is 8.68. The molecule has 5 heteroatoms. The van der Waals surface area contributed by atoms with Crippen molar-refractivity contribution >= 4 is 27.8 Å². The van der Waals surface area contributed by atoms with E-state index in [1.54, 1.807) is 17.4 Å². The molecule has 28 heavy (non-hydrogen) atoms. The molecule has 4 rings (SSSR count). The molecule has 1 aliphatic carbocycles. The molecule has 0 amide bonds. The highest BCUT2D eigenvalue weighted by atomic mass is 32.1. The van der Waals surface area contributed by atoms with Crippen LogP contribution in [0.1, 0.15) is 55.9 Å². The average Bonchev–Trinajstić information content (AvgIpc) is 3.33. The van der Waals surface area contributed by atoms with E-state index < -0.39 is 0 Å². The first-order chi connectivity index (χ1) is 13.7. The number of para-hydroxylation sites is 1. The number of allylic oxidation sites excluding steroid dienone is 3. The molecule has 1 aromatic carbocycles. The number of fused-ring (bicyclic) bond motifs is 1. The Morgan fingerprint density at radius 1 is 1.25 bits per heavy atom. The van der Waals surface area contributed by atoms with Crippen LogP contribution >= 0.6 is 11.3 Å². The van der Waals surface area contributed by atoms with E-state index in [0.29, 0.717) is 17.7 Å². The summed E-state index contributed by atoms with van der Waals surface area (Å²) in [6.07, 6.45) is 12.8. The highest BCUT2D eigenvalue weighted by Crippen LogP contribution is 2.40. The third kappa shape index (κ3) is 3.90. The molecule has 3 atom stereocenters. The van der Waals surface area contributed by atoms with Gasteiger partial charge in [0.25, 0.3) is 0 Å². The first-order valence-electron chi connectivity index (χ1n) is 10.1. The zero-order valence-electron chi connectivity index (χ0n) is 16.4. The molecule has 2 aromatic rings. The maximum atomic E-state index is 10.5. The van der Waals surface area contributed by atoms with E-state index in [1.807, 2.05) is 30.6 Å². The summed E-state index contributed by atoms with van der Waals surface area (Å²) in [5, 5.41) is 15.0. The molecule has 2 heterocycles. The molecule has 0 saturated heterocycles. The van der Waals surface area contributed by atoms with Crippen molar-refractivity contribution in [1.29, 1.82) is 0 Å². The normalized spacial score (nSPS) is 24.5. The van der Waals surface area contributed by atoms with E-state index >= 15 is 0 Å². The first-order valence-corrected chi connectivity index (χ1v) is 10.9. The Kier molecular flexibility index (Phi) is 5.62. The van der Waals surface area contributed by atoms with Crippen LogP contribution < -0.4 is 5.32 Å². The van der Waals surface area contributed by atoms with Gasteiger partial charge in [-0.05, 0) is 32.3 Å². The standard InChI is InChI=1S/C23H27N3OS/c1-3-15(2)26-23-25-14-21(28-23)17-8-6-7-16-11-12-24-22(16)19(13-17)18-9-4-5-10-20(18)27/h4-5,9-17,27H,3,6-8H2,1-2H3,(H,25,26)/b19-13-. The summed E-state index contributed by atoms with van der Waals surface area (Å²) in [5.41, 5.74) is 3.00. The molecular weight excluding hydrogens is 366 g/mol. The van der Waals surface area contributed by atoms with E-state index in [1.165, 1.54) is 4.88 Å². The predicted molar refractivity (Wildman–Crippen MR) is 118 cm³/mol. The lowest BCUT2D eigenvalue weighted by atomic mass is 9.82. The maximum absolute atomic E-state index is 10.5. The van der Waals surface area contributed by atoms with Crippen LogP contribution in [0.2, 0.25) is 0 Å². The maximum Gasteiger partial charge on any atom is 0.183 e. The number of aliphatic imine (C=N–C) groups is 1. The van der Waals surface area contributed by atoms with Crippen LogP contribution in [-0.4, -0.2) is 21.8 Å². The Morgan fingerprint density at radius 2 is 2.07 bits per heavy atom. The van der Waals surface area contributed by atoms with Gasteiger partial charge in [0.15, 0.2) is 5.13 Å². The monoisotopic (exact) mass is 393 g/mol. The summed E-state index contributed by atoms with van der Waals surface area (Å²) in [5.74, 6) is 0.935. The van der Waals surface area contributed by atoms with Crippen LogP contribution in [0.3, 0.4) is 0 Å². The third-order valence-corrected chi connectivity index (χ3v) is 6.68. The van der Waals surface area contributed by atoms with Gasteiger partial charge < -0.3 is 10.4 Å². The minimum absolute atomic E-state index is 0.281. The Labute approximate surface area is 170 Å². The summed E-state index contributed by atoms with van der Waals surface area (Å²) >= 11 is 1.74. The van der Waals surface area contributed by atoms with E-state index in [-0.39, 0.29) is 5.92 Å². The Balaban J connectivity index is 1.71. The summed E-state index contributed by atoms with van der Waals surface area (Å²) in [7, 11) is 0. The molecule has 146 valence electrons. The van der Waals surface area contributed by atoms with Crippen LogP contribution in [0.4, 0.5) is 5.13 Å². The van der Waals surface area contributed by atoms with Crippen molar-refractivity contribution in [2.24, 2.45) is 10.9 Å². The molecule has 2 N–H and O–H groups in total. The Hall–Kier alpha value is -2.40. The van der Waals surface area contributed by atoms with Gasteiger partial charge >= 0.3 is 0 Å². The Morgan fingerprint density at radius 3 is 2.89 bits per heavy atom. The highest BCUT2D eigenvalue weighted by molar-refractivity contribution is 7.15. The number of phenols is 1. The van der Waals surface area contributed by atoms with Gasteiger partial charge in [0.05, 0.1) is 5.71 Å². The zero-order valence-corrected chi connectivity index (χ0v) is 17.2. The predicted octanol–water partition coefficient (Wildman–Crippen LogP) is 5.99. The Bertz CT molecular complexity index is 927. The quantitative estimate of drug-likeness (QED) is 0.655. The lowest BCUT2D eigenvalue weighted by Gasteiger charge is -2.23.